The van der Waals surface area contributed by atoms with Gasteiger partial charge in [-0.2, -0.15) is 0 Å². The summed E-state index contributed by atoms with van der Waals surface area (Å²) in [5, 5.41) is 12.5. The van der Waals surface area contributed by atoms with Gasteiger partial charge in [0.2, 0.25) is 5.91 Å². The summed E-state index contributed by atoms with van der Waals surface area (Å²) in [6, 6.07) is 8.08. The summed E-state index contributed by atoms with van der Waals surface area (Å²) >= 11 is 1.47. The molecule has 6 nitrogen and oxygen atoms in total. The molecule has 3 atom stereocenters. The van der Waals surface area contributed by atoms with Crippen molar-refractivity contribution in [1.29, 1.82) is 0 Å². The molecule has 28 heavy (non-hydrogen) atoms. The molecule has 2 aromatic rings. The third kappa shape index (κ3) is 4.69. The third-order valence-corrected chi connectivity index (χ3v) is 6.55. The number of nitrogens with one attached hydrogen (secondary N) is 1. The monoisotopic (exact) mass is 402 g/mol. The lowest BCUT2D eigenvalue weighted by molar-refractivity contribution is -0.121. The molecule has 152 valence electrons. The van der Waals surface area contributed by atoms with E-state index < -0.39 is 0 Å². The average molecular weight is 403 g/mol. The minimum atomic E-state index is -0.215. The fraction of sp³-hybridized carbons (Fsp3) is 0.571. The van der Waals surface area contributed by atoms with E-state index in [2.05, 4.69) is 33.9 Å². The summed E-state index contributed by atoms with van der Waals surface area (Å²) in [6.07, 6.45) is 4.75. The number of amides is 1. The van der Waals surface area contributed by atoms with Crippen molar-refractivity contribution < 1.29 is 9.53 Å². The second-order valence-electron chi connectivity index (χ2n) is 7.42. The molecule has 0 spiro atoms. The Morgan fingerprint density at radius 2 is 2.00 bits per heavy atom. The number of aromatic nitrogens is 3. The Hall–Kier alpha value is -2.02. The molecule has 3 rings (SSSR count). The van der Waals surface area contributed by atoms with Gasteiger partial charge in [-0.1, -0.05) is 31.5 Å². The van der Waals surface area contributed by atoms with E-state index in [-0.39, 0.29) is 11.2 Å². The van der Waals surface area contributed by atoms with Crippen molar-refractivity contribution in [1.82, 2.24) is 20.1 Å². The second-order valence-corrected chi connectivity index (χ2v) is 8.72. The van der Waals surface area contributed by atoms with Crippen LogP contribution < -0.4 is 10.1 Å². The van der Waals surface area contributed by atoms with E-state index in [0.29, 0.717) is 12.0 Å². The molecular weight excluding hydrogens is 372 g/mol. The van der Waals surface area contributed by atoms with Crippen LogP contribution in [-0.4, -0.2) is 39.1 Å². The number of thioether (sulfide) groups is 1. The van der Waals surface area contributed by atoms with Gasteiger partial charge in [0.1, 0.15) is 5.75 Å². The Kier molecular flexibility index (Phi) is 6.99. The van der Waals surface area contributed by atoms with E-state index in [1.165, 1.54) is 31.0 Å². The first kappa shape index (κ1) is 20.7. The fourth-order valence-electron chi connectivity index (χ4n) is 3.66. The lowest BCUT2D eigenvalue weighted by Gasteiger charge is -2.30. The highest BCUT2D eigenvalue weighted by Crippen LogP contribution is 2.29. The summed E-state index contributed by atoms with van der Waals surface area (Å²) in [4.78, 5) is 12.7. The lowest BCUT2D eigenvalue weighted by Crippen LogP contribution is -2.44. The Morgan fingerprint density at radius 3 is 2.64 bits per heavy atom. The highest BCUT2D eigenvalue weighted by atomic mass is 32.2. The normalized spacial score (nSPS) is 20.6. The van der Waals surface area contributed by atoms with Crippen LogP contribution in [-0.2, 0) is 11.3 Å². The maximum absolute atomic E-state index is 12.7. The van der Waals surface area contributed by atoms with Crippen LogP contribution in [0.4, 0.5) is 0 Å². The van der Waals surface area contributed by atoms with Crippen molar-refractivity contribution in [2.45, 2.75) is 69.4 Å². The van der Waals surface area contributed by atoms with Crippen molar-refractivity contribution in [2.24, 2.45) is 5.92 Å². The summed E-state index contributed by atoms with van der Waals surface area (Å²) in [5.74, 6) is 2.25. The first-order valence-electron chi connectivity index (χ1n) is 10.1. The maximum atomic E-state index is 12.7. The molecule has 1 aliphatic carbocycles. The number of nitrogens with zero attached hydrogens (tertiary/aromatic N) is 3. The fourth-order valence-corrected chi connectivity index (χ4v) is 4.58. The zero-order valence-corrected chi connectivity index (χ0v) is 18.0. The average Bonchev–Trinajstić information content (AvgIpc) is 3.12. The molecule has 0 radical (unpaired) electrons. The summed E-state index contributed by atoms with van der Waals surface area (Å²) < 4.78 is 7.28. The number of carbonyl (C=O) groups excluding carboxylic acids is 1. The Morgan fingerprint density at radius 1 is 1.29 bits per heavy atom. The maximum Gasteiger partial charge on any atom is 0.233 e. The molecule has 1 aromatic heterocycles. The van der Waals surface area contributed by atoms with Gasteiger partial charge in [0.25, 0.3) is 0 Å². The van der Waals surface area contributed by atoms with Crippen LogP contribution in [0.3, 0.4) is 0 Å². The number of benzene rings is 1. The SMILES string of the molecule is CCn1c(S[C@H](C)C(=O)N[C@H]2CCCC[C@@H]2C)nnc1-c1ccc(OC)cc1. The Balaban J connectivity index is 1.69. The number of hydrogen-bond donors (Lipinski definition) is 1. The molecule has 0 bridgehead atoms. The van der Waals surface area contributed by atoms with Gasteiger partial charge in [-0.25, -0.2) is 0 Å². The van der Waals surface area contributed by atoms with Crippen LogP contribution >= 0.6 is 11.8 Å². The van der Waals surface area contributed by atoms with Crippen molar-refractivity contribution in [2.75, 3.05) is 7.11 Å². The van der Waals surface area contributed by atoms with Gasteiger partial charge in [-0.3, -0.25) is 4.79 Å². The molecule has 0 saturated heterocycles. The minimum Gasteiger partial charge on any atom is -0.497 e. The van der Waals surface area contributed by atoms with Crippen LogP contribution in [0.15, 0.2) is 29.4 Å². The van der Waals surface area contributed by atoms with Crippen LogP contribution in [0, 0.1) is 5.92 Å². The van der Waals surface area contributed by atoms with E-state index in [9.17, 15) is 4.79 Å². The van der Waals surface area contributed by atoms with E-state index in [1.807, 2.05) is 31.2 Å². The molecule has 1 aromatic carbocycles. The smallest absolute Gasteiger partial charge is 0.233 e. The van der Waals surface area contributed by atoms with Gasteiger partial charge in [-0.05, 0) is 56.9 Å². The number of rotatable bonds is 7. The predicted molar refractivity (Wildman–Crippen MR) is 113 cm³/mol. The van der Waals surface area contributed by atoms with Gasteiger partial charge in [0.05, 0.1) is 12.4 Å². The summed E-state index contributed by atoms with van der Waals surface area (Å²) in [5.41, 5.74) is 0.982. The van der Waals surface area contributed by atoms with Crippen molar-refractivity contribution in [3.63, 3.8) is 0 Å². The lowest BCUT2D eigenvalue weighted by atomic mass is 9.86. The molecule has 0 aliphatic heterocycles. The highest BCUT2D eigenvalue weighted by Gasteiger charge is 2.26. The van der Waals surface area contributed by atoms with E-state index in [4.69, 9.17) is 4.74 Å². The van der Waals surface area contributed by atoms with Crippen molar-refractivity contribution in [3.05, 3.63) is 24.3 Å². The van der Waals surface area contributed by atoms with Gasteiger partial charge in [0, 0.05) is 18.2 Å². The quantitative estimate of drug-likeness (QED) is 0.705. The molecule has 1 heterocycles. The number of carbonyl (C=O) groups is 1. The second kappa shape index (κ2) is 9.45. The zero-order chi connectivity index (χ0) is 20.1. The van der Waals surface area contributed by atoms with Crippen molar-refractivity contribution in [3.8, 4) is 17.1 Å². The molecule has 1 aliphatic rings. The third-order valence-electron chi connectivity index (χ3n) is 5.47. The number of ether oxygens (including phenoxy) is 1. The van der Waals surface area contributed by atoms with Gasteiger partial charge >= 0.3 is 0 Å². The molecule has 1 saturated carbocycles. The first-order valence-corrected chi connectivity index (χ1v) is 11.0. The molecule has 1 amide bonds. The van der Waals surface area contributed by atoms with E-state index in [0.717, 1.165) is 35.3 Å². The van der Waals surface area contributed by atoms with Crippen LogP contribution in [0.5, 0.6) is 5.75 Å². The highest BCUT2D eigenvalue weighted by molar-refractivity contribution is 8.00. The van der Waals surface area contributed by atoms with Crippen LogP contribution in [0.25, 0.3) is 11.4 Å². The Bertz CT molecular complexity index is 790. The van der Waals surface area contributed by atoms with Gasteiger partial charge in [-0.15, -0.1) is 10.2 Å². The molecule has 1 N–H and O–H groups in total. The molecular formula is C21H30N4O2S. The minimum absolute atomic E-state index is 0.0837. The topological polar surface area (TPSA) is 69.0 Å². The largest absolute Gasteiger partial charge is 0.497 e. The van der Waals surface area contributed by atoms with E-state index >= 15 is 0 Å². The molecule has 1 fully saturated rings. The standard InChI is InChI=1S/C21H30N4O2S/c1-5-25-19(16-10-12-17(27-4)13-11-16)23-24-21(25)28-15(3)20(26)22-18-9-7-6-8-14(18)2/h10-15,18H,5-9H2,1-4H3,(H,22,26)/t14-,15+,18-/m0/s1. The molecule has 0 unspecified atom stereocenters. The number of hydrogen-bond acceptors (Lipinski definition) is 5. The van der Waals surface area contributed by atoms with Crippen LogP contribution in [0.2, 0.25) is 0 Å². The zero-order valence-electron chi connectivity index (χ0n) is 17.1. The van der Waals surface area contributed by atoms with Gasteiger partial charge < -0.3 is 14.6 Å². The van der Waals surface area contributed by atoms with Crippen molar-refractivity contribution >= 4 is 17.7 Å². The predicted octanol–water partition coefficient (Wildman–Crippen LogP) is 4.15. The first-order chi connectivity index (χ1) is 13.5. The Labute approximate surface area is 171 Å². The number of methoxy groups -OCH3 is 1. The van der Waals surface area contributed by atoms with Crippen LogP contribution in [0.1, 0.15) is 46.5 Å². The summed E-state index contributed by atoms with van der Waals surface area (Å²) in [7, 11) is 1.65. The van der Waals surface area contributed by atoms with E-state index in [1.54, 1.807) is 7.11 Å². The molecule has 7 heteroatoms. The summed E-state index contributed by atoms with van der Waals surface area (Å²) in [6.45, 7) is 6.98. The van der Waals surface area contributed by atoms with Gasteiger partial charge in [0.15, 0.2) is 11.0 Å².